The fraction of sp³-hybridized carbons (Fsp3) is 0.526. The molecule has 5 nitrogen and oxygen atoms in total. The minimum Gasteiger partial charge on any atom is -0.452 e. The van der Waals surface area contributed by atoms with Crippen molar-refractivity contribution in [2.45, 2.75) is 57.4 Å². The first-order chi connectivity index (χ1) is 11.5. The summed E-state index contributed by atoms with van der Waals surface area (Å²) in [6, 6.07) is 9.38. The molecular formula is C19H24N2O3. The highest BCUT2D eigenvalue weighted by Crippen LogP contribution is 2.27. The third-order valence-corrected chi connectivity index (χ3v) is 4.45. The van der Waals surface area contributed by atoms with Crippen LogP contribution in [0.3, 0.4) is 0 Å². The fourth-order valence-electron chi connectivity index (χ4n) is 2.94. The van der Waals surface area contributed by atoms with Crippen LogP contribution in [0.25, 0.3) is 0 Å². The molecule has 24 heavy (non-hydrogen) atoms. The number of amides is 1. The lowest BCUT2D eigenvalue weighted by atomic mass is 9.83. The Morgan fingerprint density at radius 3 is 2.38 bits per heavy atom. The second-order valence-electron chi connectivity index (χ2n) is 6.66. The maximum Gasteiger partial charge on any atom is 0.338 e. The standard InChI is InChI=1S/C19H24N2O3/c1-14(2)15-6-8-16(9-7-15)18(23)24-12-17(22)21-19(13-20)10-4-3-5-11-19/h6-9,14H,3-5,10-12H2,1-2H3,(H,21,22). The van der Waals surface area contributed by atoms with Gasteiger partial charge in [-0.3, -0.25) is 4.79 Å². The van der Waals surface area contributed by atoms with Gasteiger partial charge in [-0.1, -0.05) is 45.2 Å². The van der Waals surface area contributed by atoms with Crippen LogP contribution in [-0.4, -0.2) is 24.0 Å². The highest BCUT2D eigenvalue weighted by atomic mass is 16.5. The number of carbonyl (C=O) groups is 2. The zero-order chi connectivity index (χ0) is 17.6. The number of nitriles is 1. The van der Waals surface area contributed by atoms with Gasteiger partial charge in [0.25, 0.3) is 5.91 Å². The van der Waals surface area contributed by atoms with Crippen LogP contribution in [0.5, 0.6) is 0 Å². The first-order valence-electron chi connectivity index (χ1n) is 8.45. The molecule has 0 aliphatic heterocycles. The summed E-state index contributed by atoms with van der Waals surface area (Å²) in [5.41, 5.74) is 0.748. The van der Waals surface area contributed by atoms with Gasteiger partial charge in [0.05, 0.1) is 11.6 Å². The van der Waals surface area contributed by atoms with Crippen molar-refractivity contribution in [2.75, 3.05) is 6.61 Å². The Balaban J connectivity index is 1.86. The molecule has 0 atom stereocenters. The Hall–Kier alpha value is -2.35. The highest BCUT2D eigenvalue weighted by molar-refractivity contribution is 5.91. The van der Waals surface area contributed by atoms with Crippen molar-refractivity contribution in [1.82, 2.24) is 5.32 Å². The molecule has 1 aromatic rings. The average molecular weight is 328 g/mol. The van der Waals surface area contributed by atoms with E-state index >= 15 is 0 Å². The van der Waals surface area contributed by atoms with Gasteiger partial charge in [-0.2, -0.15) is 5.26 Å². The quantitative estimate of drug-likeness (QED) is 0.841. The molecule has 0 saturated heterocycles. The van der Waals surface area contributed by atoms with E-state index in [1.165, 1.54) is 0 Å². The van der Waals surface area contributed by atoms with Gasteiger partial charge in [-0.05, 0) is 36.5 Å². The maximum atomic E-state index is 12.0. The van der Waals surface area contributed by atoms with E-state index < -0.39 is 17.4 Å². The summed E-state index contributed by atoms with van der Waals surface area (Å²) in [7, 11) is 0. The molecule has 1 aliphatic carbocycles. The van der Waals surface area contributed by atoms with E-state index in [1.54, 1.807) is 12.1 Å². The molecule has 128 valence electrons. The third-order valence-electron chi connectivity index (χ3n) is 4.45. The van der Waals surface area contributed by atoms with Gasteiger partial charge in [0.2, 0.25) is 0 Å². The Morgan fingerprint density at radius 2 is 1.83 bits per heavy atom. The maximum absolute atomic E-state index is 12.0. The second kappa shape index (κ2) is 7.96. The zero-order valence-electron chi connectivity index (χ0n) is 14.3. The van der Waals surface area contributed by atoms with Crippen molar-refractivity contribution in [3.63, 3.8) is 0 Å². The number of rotatable bonds is 5. The Labute approximate surface area is 143 Å². The molecule has 1 saturated carbocycles. The molecule has 5 heteroatoms. The number of benzene rings is 1. The summed E-state index contributed by atoms with van der Waals surface area (Å²) in [4.78, 5) is 24.0. The lowest BCUT2D eigenvalue weighted by molar-refractivity contribution is -0.125. The predicted octanol–water partition coefficient (Wildman–Crippen LogP) is 3.31. The predicted molar refractivity (Wildman–Crippen MR) is 90.4 cm³/mol. The monoisotopic (exact) mass is 328 g/mol. The molecule has 0 unspecified atom stereocenters. The Morgan fingerprint density at radius 1 is 1.21 bits per heavy atom. The zero-order valence-corrected chi connectivity index (χ0v) is 14.3. The molecule has 0 heterocycles. The lowest BCUT2D eigenvalue weighted by Crippen LogP contribution is -2.50. The average Bonchev–Trinajstić information content (AvgIpc) is 2.60. The van der Waals surface area contributed by atoms with Crippen LogP contribution in [0.15, 0.2) is 24.3 Å². The molecule has 1 N–H and O–H groups in total. The van der Waals surface area contributed by atoms with Crippen LogP contribution < -0.4 is 5.32 Å². The minimum absolute atomic E-state index is 0.367. The van der Waals surface area contributed by atoms with Crippen molar-refractivity contribution < 1.29 is 14.3 Å². The molecule has 0 radical (unpaired) electrons. The SMILES string of the molecule is CC(C)c1ccc(C(=O)OCC(=O)NC2(C#N)CCCCC2)cc1. The fourth-order valence-corrected chi connectivity index (χ4v) is 2.94. The van der Waals surface area contributed by atoms with Crippen molar-refractivity contribution >= 4 is 11.9 Å². The smallest absolute Gasteiger partial charge is 0.338 e. The molecule has 1 aromatic carbocycles. The largest absolute Gasteiger partial charge is 0.452 e. The van der Waals surface area contributed by atoms with E-state index in [1.807, 2.05) is 12.1 Å². The summed E-state index contributed by atoms with van der Waals surface area (Å²) >= 11 is 0. The van der Waals surface area contributed by atoms with Crippen molar-refractivity contribution in [2.24, 2.45) is 0 Å². The summed E-state index contributed by atoms with van der Waals surface area (Å²) in [6.07, 6.45) is 4.24. The van der Waals surface area contributed by atoms with E-state index in [0.717, 1.165) is 24.8 Å². The molecule has 0 bridgehead atoms. The van der Waals surface area contributed by atoms with Gasteiger partial charge < -0.3 is 10.1 Å². The van der Waals surface area contributed by atoms with Gasteiger partial charge in [0, 0.05) is 0 Å². The van der Waals surface area contributed by atoms with Crippen LogP contribution in [-0.2, 0) is 9.53 Å². The van der Waals surface area contributed by atoms with Crippen LogP contribution in [0.2, 0.25) is 0 Å². The molecule has 0 aromatic heterocycles. The second-order valence-corrected chi connectivity index (χ2v) is 6.66. The van der Waals surface area contributed by atoms with Gasteiger partial charge in [-0.25, -0.2) is 4.79 Å². The number of carbonyl (C=O) groups excluding carboxylic acids is 2. The highest BCUT2D eigenvalue weighted by Gasteiger charge is 2.33. The van der Waals surface area contributed by atoms with Gasteiger partial charge >= 0.3 is 5.97 Å². The van der Waals surface area contributed by atoms with Gasteiger partial charge in [0.15, 0.2) is 6.61 Å². The van der Waals surface area contributed by atoms with Crippen molar-refractivity contribution in [1.29, 1.82) is 5.26 Å². The first-order valence-corrected chi connectivity index (χ1v) is 8.45. The van der Waals surface area contributed by atoms with Crippen LogP contribution in [0.4, 0.5) is 0 Å². The molecule has 1 aliphatic rings. The van der Waals surface area contributed by atoms with Crippen LogP contribution in [0.1, 0.15) is 67.8 Å². The number of ether oxygens (including phenoxy) is 1. The molecule has 2 rings (SSSR count). The van der Waals surface area contributed by atoms with Crippen LogP contribution in [0, 0.1) is 11.3 Å². The number of nitrogens with zero attached hydrogens (tertiary/aromatic N) is 1. The van der Waals surface area contributed by atoms with Crippen LogP contribution >= 0.6 is 0 Å². The van der Waals surface area contributed by atoms with E-state index in [9.17, 15) is 14.9 Å². The summed E-state index contributed by atoms with van der Waals surface area (Å²) in [5.74, 6) is -0.570. The Kier molecular flexibility index (Phi) is 5.97. The van der Waals surface area contributed by atoms with Gasteiger partial charge in [-0.15, -0.1) is 0 Å². The van der Waals surface area contributed by atoms with Crippen molar-refractivity contribution in [3.05, 3.63) is 35.4 Å². The number of hydrogen-bond donors (Lipinski definition) is 1. The number of nitrogens with one attached hydrogen (secondary N) is 1. The summed E-state index contributed by atoms with van der Waals surface area (Å²) in [5, 5.41) is 12.1. The topological polar surface area (TPSA) is 79.2 Å². The summed E-state index contributed by atoms with van der Waals surface area (Å²) < 4.78 is 5.06. The van der Waals surface area contributed by atoms with E-state index in [0.29, 0.717) is 24.3 Å². The van der Waals surface area contributed by atoms with Gasteiger partial charge in [0.1, 0.15) is 5.54 Å². The van der Waals surface area contributed by atoms with E-state index in [-0.39, 0.29) is 6.61 Å². The lowest BCUT2D eigenvalue weighted by Gasteiger charge is -2.31. The summed E-state index contributed by atoms with van der Waals surface area (Å²) in [6.45, 7) is 3.79. The molecule has 1 amide bonds. The minimum atomic E-state index is -0.805. The first kappa shape index (κ1) is 18.0. The van der Waals surface area contributed by atoms with E-state index in [2.05, 4.69) is 25.2 Å². The molecule has 1 fully saturated rings. The molecule has 0 spiro atoms. The van der Waals surface area contributed by atoms with E-state index in [4.69, 9.17) is 4.74 Å². The number of esters is 1. The third kappa shape index (κ3) is 4.58. The molecular weight excluding hydrogens is 304 g/mol. The normalized spacial score (nSPS) is 16.2. The van der Waals surface area contributed by atoms with Crippen molar-refractivity contribution in [3.8, 4) is 6.07 Å². The number of hydrogen-bond acceptors (Lipinski definition) is 4. The Bertz CT molecular complexity index is 623.